The van der Waals surface area contributed by atoms with Crippen LogP contribution in [-0.4, -0.2) is 5.11 Å². The molecule has 0 radical (unpaired) electrons. The van der Waals surface area contributed by atoms with Crippen molar-refractivity contribution in [3.05, 3.63) is 32.8 Å². The largest absolute Gasteiger partial charge is 0.430 e. The molecule has 0 bridgehead atoms. The quantitative estimate of drug-likeness (QED) is 0.740. The Morgan fingerprint density at radius 2 is 2.40 bits per heavy atom. The molecule has 1 aromatic heterocycles. The molecular weight excluding hydrogens is 200 g/mol. The van der Waals surface area contributed by atoms with E-state index in [0.29, 0.717) is 10.0 Å². The molecule has 0 aliphatic heterocycles. The van der Waals surface area contributed by atoms with Crippen molar-refractivity contribution >= 4 is 15.9 Å². The number of aliphatic hydroxyl groups excluding tert-OH is 1. The maximum atomic E-state index is 10.6. The van der Waals surface area contributed by atoms with E-state index in [0.717, 1.165) is 0 Å². The lowest BCUT2D eigenvalue weighted by Crippen LogP contribution is -1.99. The second-order valence-corrected chi connectivity index (χ2v) is 2.60. The van der Waals surface area contributed by atoms with Crippen LogP contribution in [0.15, 0.2) is 26.0 Å². The molecule has 1 rings (SSSR count). The lowest BCUT2D eigenvalue weighted by atomic mass is 10.3. The molecule has 0 saturated heterocycles. The molecule has 1 heterocycles. The highest BCUT2D eigenvalue weighted by Crippen LogP contribution is 2.05. The zero-order chi connectivity index (χ0) is 7.56. The van der Waals surface area contributed by atoms with E-state index in [2.05, 4.69) is 20.3 Å². The van der Waals surface area contributed by atoms with Crippen LogP contribution in [0, 0.1) is 0 Å². The Balaban J connectivity index is 3.17. The predicted molar refractivity (Wildman–Crippen MR) is 38.6 cm³/mol. The highest BCUT2D eigenvalue weighted by Gasteiger charge is 1.97. The van der Waals surface area contributed by atoms with E-state index in [1.54, 1.807) is 0 Å². The minimum Gasteiger partial charge on any atom is -0.430 e. The Morgan fingerprint density at radius 1 is 1.70 bits per heavy atom. The SMILES string of the molecule is O=c1occ(CO)cc1Br. The molecule has 1 N–H and O–H groups in total. The van der Waals surface area contributed by atoms with Crippen LogP contribution in [0.3, 0.4) is 0 Å². The standard InChI is InChI=1S/C6H5BrO3/c7-5-1-4(2-8)3-10-6(5)9/h1,3,8H,2H2. The van der Waals surface area contributed by atoms with Crippen LogP contribution in [0.4, 0.5) is 0 Å². The second kappa shape index (κ2) is 2.98. The molecule has 54 valence electrons. The summed E-state index contributed by atoms with van der Waals surface area (Å²) in [6.45, 7) is -0.123. The van der Waals surface area contributed by atoms with Gasteiger partial charge in [-0.25, -0.2) is 4.79 Å². The number of hydrogen-bond donors (Lipinski definition) is 1. The monoisotopic (exact) mass is 204 g/mol. The summed E-state index contributed by atoms with van der Waals surface area (Å²) in [6.07, 6.45) is 1.23. The van der Waals surface area contributed by atoms with Gasteiger partial charge in [0.25, 0.3) is 0 Å². The molecule has 0 aliphatic carbocycles. The van der Waals surface area contributed by atoms with Crippen LogP contribution >= 0.6 is 15.9 Å². The van der Waals surface area contributed by atoms with Crippen LogP contribution in [0.2, 0.25) is 0 Å². The fraction of sp³-hybridized carbons (Fsp3) is 0.167. The zero-order valence-corrected chi connectivity index (χ0v) is 6.59. The molecule has 0 aliphatic rings. The van der Waals surface area contributed by atoms with Gasteiger partial charge in [-0.15, -0.1) is 0 Å². The van der Waals surface area contributed by atoms with Gasteiger partial charge in [0.2, 0.25) is 0 Å². The molecule has 0 spiro atoms. The third-order valence-electron chi connectivity index (χ3n) is 1.01. The molecule has 0 amide bonds. The van der Waals surface area contributed by atoms with E-state index in [-0.39, 0.29) is 6.61 Å². The van der Waals surface area contributed by atoms with E-state index in [1.807, 2.05) is 0 Å². The predicted octanol–water partition coefficient (Wildman–Crippen LogP) is 0.895. The van der Waals surface area contributed by atoms with Crippen LogP contribution in [0.1, 0.15) is 5.56 Å². The summed E-state index contributed by atoms with van der Waals surface area (Å²) in [7, 11) is 0. The van der Waals surface area contributed by atoms with Crippen molar-refractivity contribution in [1.82, 2.24) is 0 Å². The minimum absolute atomic E-state index is 0.123. The van der Waals surface area contributed by atoms with Gasteiger partial charge in [-0.05, 0) is 22.0 Å². The maximum Gasteiger partial charge on any atom is 0.350 e. The first kappa shape index (κ1) is 7.50. The molecule has 0 fully saturated rings. The highest BCUT2D eigenvalue weighted by molar-refractivity contribution is 9.10. The average Bonchev–Trinajstić information content (AvgIpc) is 1.95. The van der Waals surface area contributed by atoms with Gasteiger partial charge >= 0.3 is 5.63 Å². The van der Waals surface area contributed by atoms with Crippen molar-refractivity contribution in [3.8, 4) is 0 Å². The first-order valence-electron chi connectivity index (χ1n) is 2.62. The Morgan fingerprint density at radius 3 is 2.90 bits per heavy atom. The summed E-state index contributed by atoms with van der Waals surface area (Å²) < 4.78 is 4.85. The number of halogens is 1. The number of hydrogen-bond acceptors (Lipinski definition) is 3. The van der Waals surface area contributed by atoms with Crippen molar-refractivity contribution in [3.63, 3.8) is 0 Å². The van der Waals surface area contributed by atoms with E-state index in [4.69, 9.17) is 5.11 Å². The van der Waals surface area contributed by atoms with Gasteiger partial charge in [0.05, 0.1) is 6.61 Å². The highest BCUT2D eigenvalue weighted by atomic mass is 79.9. The van der Waals surface area contributed by atoms with Crippen LogP contribution in [-0.2, 0) is 6.61 Å². The van der Waals surface area contributed by atoms with Crippen LogP contribution in [0.25, 0.3) is 0 Å². The Bertz CT molecular complexity index is 279. The summed E-state index contributed by atoms with van der Waals surface area (Å²) in [5.41, 5.74) is 0.142. The number of aliphatic hydroxyl groups is 1. The minimum atomic E-state index is -0.433. The molecule has 10 heavy (non-hydrogen) atoms. The fourth-order valence-corrected chi connectivity index (χ4v) is 0.912. The first-order valence-corrected chi connectivity index (χ1v) is 3.41. The molecule has 0 unspecified atom stereocenters. The third-order valence-corrected chi connectivity index (χ3v) is 1.56. The lowest BCUT2D eigenvalue weighted by molar-refractivity contribution is 0.277. The normalized spacial score (nSPS) is 9.80. The van der Waals surface area contributed by atoms with E-state index in [1.165, 1.54) is 12.3 Å². The van der Waals surface area contributed by atoms with Crippen molar-refractivity contribution < 1.29 is 9.52 Å². The molecule has 0 saturated carbocycles. The Labute approximate surface area is 65.4 Å². The summed E-state index contributed by atoms with van der Waals surface area (Å²) in [5, 5.41) is 8.57. The summed E-state index contributed by atoms with van der Waals surface area (Å²) in [6, 6.07) is 1.52. The summed E-state index contributed by atoms with van der Waals surface area (Å²) in [4.78, 5) is 10.6. The molecule has 0 atom stereocenters. The molecule has 1 aromatic rings. The van der Waals surface area contributed by atoms with E-state index in [9.17, 15) is 4.79 Å². The molecule has 3 nitrogen and oxygen atoms in total. The van der Waals surface area contributed by atoms with Crippen molar-refractivity contribution in [2.75, 3.05) is 0 Å². The Kier molecular flexibility index (Phi) is 2.24. The molecule has 0 aromatic carbocycles. The molecule has 4 heteroatoms. The Hall–Kier alpha value is -0.610. The van der Waals surface area contributed by atoms with Crippen molar-refractivity contribution in [2.45, 2.75) is 6.61 Å². The van der Waals surface area contributed by atoms with Crippen molar-refractivity contribution in [2.24, 2.45) is 0 Å². The molecular formula is C6H5BrO3. The van der Waals surface area contributed by atoms with Gasteiger partial charge in [0.15, 0.2) is 0 Å². The smallest absolute Gasteiger partial charge is 0.350 e. The second-order valence-electron chi connectivity index (χ2n) is 1.75. The van der Waals surface area contributed by atoms with Gasteiger partial charge in [-0.1, -0.05) is 0 Å². The number of rotatable bonds is 1. The van der Waals surface area contributed by atoms with E-state index >= 15 is 0 Å². The average molecular weight is 205 g/mol. The summed E-state index contributed by atoms with van der Waals surface area (Å²) in [5.74, 6) is 0. The summed E-state index contributed by atoms with van der Waals surface area (Å²) >= 11 is 2.97. The maximum absolute atomic E-state index is 10.6. The van der Waals surface area contributed by atoms with Gasteiger partial charge in [0.1, 0.15) is 10.7 Å². The third kappa shape index (κ3) is 1.46. The fourth-order valence-electron chi connectivity index (χ4n) is 0.524. The topological polar surface area (TPSA) is 50.4 Å². The van der Waals surface area contributed by atoms with E-state index < -0.39 is 5.63 Å². The van der Waals surface area contributed by atoms with Gasteiger partial charge in [-0.3, -0.25) is 0 Å². The van der Waals surface area contributed by atoms with Crippen LogP contribution in [0.5, 0.6) is 0 Å². The van der Waals surface area contributed by atoms with Crippen LogP contribution < -0.4 is 5.63 Å². The lowest BCUT2D eigenvalue weighted by Gasteiger charge is -1.92. The first-order chi connectivity index (χ1) is 4.74. The van der Waals surface area contributed by atoms with Gasteiger partial charge in [0, 0.05) is 5.56 Å². The van der Waals surface area contributed by atoms with Gasteiger partial charge < -0.3 is 9.52 Å². The van der Waals surface area contributed by atoms with Crippen molar-refractivity contribution in [1.29, 1.82) is 0 Å². The van der Waals surface area contributed by atoms with Gasteiger partial charge in [-0.2, -0.15) is 0 Å². The zero-order valence-electron chi connectivity index (χ0n) is 5.00.